The van der Waals surface area contributed by atoms with Gasteiger partial charge < -0.3 is 24.7 Å². The number of nitrogens with zero attached hydrogens (tertiary/aromatic N) is 2. The first kappa shape index (κ1) is 23.0. The van der Waals surface area contributed by atoms with E-state index in [1.165, 1.54) is 10.9 Å². The van der Waals surface area contributed by atoms with E-state index in [1.54, 1.807) is 0 Å². The fourth-order valence-corrected chi connectivity index (χ4v) is 3.28. The van der Waals surface area contributed by atoms with E-state index in [0.29, 0.717) is 0 Å². The summed E-state index contributed by atoms with van der Waals surface area (Å²) >= 11 is 0. The Morgan fingerprint density at radius 1 is 1.25 bits per heavy atom. The molecule has 0 radical (unpaired) electrons. The lowest BCUT2D eigenvalue weighted by atomic mass is 10.2. The molecule has 28 heavy (non-hydrogen) atoms. The van der Waals surface area contributed by atoms with Crippen LogP contribution in [0.1, 0.15) is 26.2 Å². The normalized spacial score (nSPS) is 16.9. The van der Waals surface area contributed by atoms with Gasteiger partial charge in [0.2, 0.25) is 0 Å². The van der Waals surface area contributed by atoms with Gasteiger partial charge in [0.1, 0.15) is 0 Å². The molecule has 0 spiro atoms. The van der Waals surface area contributed by atoms with Crippen molar-refractivity contribution in [1.29, 1.82) is 0 Å². The van der Waals surface area contributed by atoms with Crippen molar-refractivity contribution in [2.24, 2.45) is 4.99 Å². The Bertz CT molecular complexity index is 713. The van der Waals surface area contributed by atoms with E-state index in [4.69, 9.17) is 9.47 Å². The predicted octanol–water partition coefficient (Wildman–Crippen LogP) is 3.40. The Kier molecular flexibility index (Phi) is 10.7. The van der Waals surface area contributed by atoms with Crippen molar-refractivity contribution in [1.82, 2.24) is 15.2 Å². The molecule has 156 valence electrons. The van der Waals surface area contributed by atoms with Crippen LogP contribution >= 0.6 is 24.0 Å². The first-order chi connectivity index (χ1) is 13.4. The molecule has 0 amide bonds. The van der Waals surface area contributed by atoms with E-state index in [-0.39, 0.29) is 30.1 Å². The highest BCUT2D eigenvalue weighted by Crippen LogP contribution is 2.15. The van der Waals surface area contributed by atoms with Gasteiger partial charge in [0.05, 0.1) is 12.7 Å². The van der Waals surface area contributed by atoms with Gasteiger partial charge in [0.25, 0.3) is 0 Å². The average molecular weight is 500 g/mol. The second-order valence-corrected chi connectivity index (χ2v) is 6.82. The minimum atomic E-state index is 0. The van der Waals surface area contributed by atoms with Gasteiger partial charge in [-0.05, 0) is 43.7 Å². The van der Waals surface area contributed by atoms with Crippen LogP contribution in [0.15, 0.2) is 41.5 Å². The number of aryl methyl sites for hydroxylation is 1. The zero-order valence-electron chi connectivity index (χ0n) is 16.7. The lowest BCUT2D eigenvalue weighted by Gasteiger charge is -2.13. The summed E-state index contributed by atoms with van der Waals surface area (Å²) in [6.45, 7) is 7.94. The molecule has 1 saturated heterocycles. The number of rotatable bonds is 10. The number of benzene rings is 1. The van der Waals surface area contributed by atoms with Crippen molar-refractivity contribution < 1.29 is 9.47 Å². The van der Waals surface area contributed by atoms with E-state index >= 15 is 0 Å². The maximum Gasteiger partial charge on any atom is 0.191 e. The topological polar surface area (TPSA) is 59.8 Å². The van der Waals surface area contributed by atoms with Crippen LogP contribution in [-0.2, 0) is 16.0 Å². The maximum atomic E-state index is 5.79. The van der Waals surface area contributed by atoms with E-state index in [9.17, 15) is 0 Å². The number of aromatic nitrogens is 1. The second kappa shape index (κ2) is 13.0. The minimum absolute atomic E-state index is 0. The SMILES string of the molecule is CCNC(=NCCCn1ccc2ccccc21)NCCCOC1CCOC1.I. The number of halogens is 1. The second-order valence-electron chi connectivity index (χ2n) is 6.82. The van der Waals surface area contributed by atoms with Gasteiger partial charge >= 0.3 is 0 Å². The van der Waals surface area contributed by atoms with Crippen molar-refractivity contribution in [3.8, 4) is 0 Å². The van der Waals surface area contributed by atoms with Crippen LogP contribution in [0.3, 0.4) is 0 Å². The van der Waals surface area contributed by atoms with E-state index < -0.39 is 0 Å². The minimum Gasteiger partial charge on any atom is -0.379 e. The van der Waals surface area contributed by atoms with E-state index in [0.717, 1.165) is 71.2 Å². The molecule has 1 aliphatic heterocycles. The molecule has 6 nitrogen and oxygen atoms in total. The van der Waals surface area contributed by atoms with Crippen LogP contribution in [0.5, 0.6) is 0 Å². The number of para-hydroxylation sites is 1. The van der Waals surface area contributed by atoms with Crippen LogP contribution in [0.4, 0.5) is 0 Å². The lowest BCUT2D eigenvalue weighted by Crippen LogP contribution is -2.38. The fraction of sp³-hybridized carbons (Fsp3) is 0.571. The van der Waals surface area contributed by atoms with Crippen LogP contribution in [0.25, 0.3) is 10.9 Å². The molecule has 1 fully saturated rings. The van der Waals surface area contributed by atoms with Crippen molar-refractivity contribution in [3.05, 3.63) is 36.5 Å². The van der Waals surface area contributed by atoms with Gasteiger partial charge in [-0.25, -0.2) is 0 Å². The molecule has 2 N–H and O–H groups in total. The summed E-state index contributed by atoms with van der Waals surface area (Å²) < 4.78 is 13.4. The van der Waals surface area contributed by atoms with Gasteiger partial charge in [-0.2, -0.15) is 0 Å². The molecule has 1 aromatic heterocycles. The Hall–Kier alpha value is -1.32. The van der Waals surface area contributed by atoms with Crippen molar-refractivity contribution in [2.75, 3.05) is 39.5 Å². The molecule has 2 heterocycles. The molecule has 1 unspecified atom stereocenters. The molecular weight excluding hydrogens is 467 g/mol. The summed E-state index contributed by atoms with van der Waals surface area (Å²) in [5.74, 6) is 0.888. The van der Waals surface area contributed by atoms with Crippen molar-refractivity contribution in [2.45, 2.75) is 38.8 Å². The number of fused-ring (bicyclic) bond motifs is 1. The lowest BCUT2D eigenvalue weighted by molar-refractivity contribution is 0.0420. The predicted molar refractivity (Wildman–Crippen MR) is 126 cm³/mol. The number of aliphatic imine (C=N–C) groups is 1. The number of nitrogens with one attached hydrogen (secondary N) is 2. The summed E-state index contributed by atoms with van der Waals surface area (Å²) in [5, 5.41) is 7.99. The monoisotopic (exact) mass is 500 g/mol. The highest BCUT2D eigenvalue weighted by atomic mass is 127. The fourth-order valence-electron chi connectivity index (χ4n) is 3.28. The first-order valence-corrected chi connectivity index (χ1v) is 10.1. The third-order valence-corrected chi connectivity index (χ3v) is 4.71. The zero-order chi connectivity index (χ0) is 18.7. The van der Waals surface area contributed by atoms with Crippen molar-refractivity contribution >= 4 is 40.8 Å². The largest absolute Gasteiger partial charge is 0.379 e. The number of guanidine groups is 1. The molecule has 0 aliphatic carbocycles. The van der Waals surface area contributed by atoms with Crippen LogP contribution < -0.4 is 10.6 Å². The first-order valence-electron chi connectivity index (χ1n) is 10.1. The highest BCUT2D eigenvalue weighted by molar-refractivity contribution is 14.0. The molecule has 1 aliphatic rings. The standard InChI is InChI=1S/C21H32N4O2.HI/c1-2-22-21(24-12-6-15-27-19-10-16-26-17-19)23-11-5-13-25-14-9-18-7-3-4-8-20(18)25;/h3-4,7-9,14,19H,2,5-6,10-13,15-17H2,1H3,(H2,22,23,24);1H. The Labute approximate surface area is 185 Å². The molecule has 7 heteroatoms. The van der Waals surface area contributed by atoms with Gasteiger partial charge in [-0.1, -0.05) is 18.2 Å². The average Bonchev–Trinajstić information content (AvgIpc) is 3.35. The molecule has 1 atom stereocenters. The van der Waals surface area contributed by atoms with Gasteiger partial charge in [-0.3, -0.25) is 4.99 Å². The number of ether oxygens (including phenoxy) is 2. The molecule has 0 saturated carbocycles. The summed E-state index contributed by atoms with van der Waals surface area (Å²) in [7, 11) is 0. The number of hydrogen-bond donors (Lipinski definition) is 2. The number of hydrogen-bond acceptors (Lipinski definition) is 3. The molecule has 0 bridgehead atoms. The van der Waals surface area contributed by atoms with Crippen molar-refractivity contribution in [3.63, 3.8) is 0 Å². The maximum absolute atomic E-state index is 5.79. The third-order valence-electron chi connectivity index (χ3n) is 4.71. The van der Waals surface area contributed by atoms with E-state index in [1.807, 2.05) is 0 Å². The Morgan fingerprint density at radius 2 is 2.14 bits per heavy atom. The summed E-state index contributed by atoms with van der Waals surface area (Å²) in [6.07, 6.45) is 5.45. The highest BCUT2D eigenvalue weighted by Gasteiger charge is 2.15. The van der Waals surface area contributed by atoms with Gasteiger partial charge in [0.15, 0.2) is 5.96 Å². The van der Waals surface area contributed by atoms with Crippen LogP contribution in [-0.4, -0.2) is 56.1 Å². The van der Waals surface area contributed by atoms with E-state index in [2.05, 4.69) is 63.6 Å². The van der Waals surface area contributed by atoms with Crippen LogP contribution in [0, 0.1) is 0 Å². The molecule has 1 aromatic carbocycles. The molecule has 3 rings (SSSR count). The zero-order valence-corrected chi connectivity index (χ0v) is 19.1. The summed E-state index contributed by atoms with van der Waals surface area (Å²) in [4.78, 5) is 4.69. The Morgan fingerprint density at radius 3 is 2.96 bits per heavy atom. The molecule has 2 aromatic rings. The third kappa shape index (κ3) is 7.25. The van der Waals surface area contributed by atoms with Gasteiger partial charge in [0, 0.05) is 51.1 Å². The van der Waals surface area contributed by atoms with Gasteiger partial charge in [-0.15, -0.1) is 24.0 Å². The van der Waals surface area contributed by atoms with Crippen LogP contribution in [0.2, 0.25) is 0 Å². The summed E-state index contributed by atoms with van der Waals surface area (Å²) in [5.41, 5.74) is 1.29. The smallest absolute Gasteiger partial charge is 0.191 e. The summed E-state index contributed by atoms with van der Waals surface area (Å²) in [6, 6.07) is 10.7. The molecular formula is C21H33IN4O2. The Balaban J connectivity index is 0.00000280. The quantitative estimate of drug-likeness (QED) is 0.227.